The van der Waals surface area contributed by atoms with Gasteiger partial charge in [-0.1, -0.05) is 31.5 Å². The van der Waals surface area contributed by atoms with E-state index in [1.54, 1.807) is 0 Å². The number of ether oxygens (including phenoxy) is 1. The molecule has 1 aliphatic rings. The zero-order valence-electron chi connectivity index (χ0n) is 11.6. The van der Waals surface area contributed by atoms with E-state index >= 15 is 0 Å². The molecule has 18 heavy (non-hydrogen) atoms. The van der Waals surface area contributed by atoms with Crippen molar-refractivity contribution in [3.8, 4) is 5.75 Å². The summed E-state index contributed by atoms with van der Waals surface area (Å²) < 4.78 is 5.79. The van der Waals surface area contributed by atoms with Crippen LogP contribution in [0.3, 0.4) is 0 Å². The minimum absolute atomic E-state index is 0.140. The van der Waals surface area contributed by atoms with Gasteiger partial charge in [-0.15, -0.1) is 0 Å². The fourth-order valence-corrected chi connectivity index (χ4v) is 2.88. The molecule has 2 rings (SSSR count). The van der Waals surface area contributed by atoms with E-state index in [9.17, 15) is 5.11 Å². The quantitative estimate of drug-likeness (QED) is 0.874. The van der Waals surface area contributed by atoms with E-state index in [0.29, 0.717) is 5.92 Å². The molecule has 100 valence electrons. The number of aliphatic hydroxyl groups excluding tert-OH is 1. The molecule has 0 aromatic heterocycles. The van der Waals surface area contributed by atoms with Crippen molar-refractivity contribution in [2.75, 3.05) is 0 Å². The molecule has 1 aromatic carbocycles. The average Bonchev–Trinajstić information content (AvgIpc) is 2.75. The zero-order chi connectivity index (χ0) is 13.1. The molecular weight excluding hydrogens is 224 g/mol. The molecule has 1 aliphatic carbocycles. The number of hydrogen-bond acceptors (Lipinski definition) is 2. The number of para-hydroxylation sites is 1. The highest BCUT2D eigenvalue weighted by Crippen LogP contribution is 2.41. The first kappa shape index (κ1) is 13.4. The molecular formula is C16H24O2. The maximum Gasteiger partial charge on any atom is 0.125 e. The maximum atomic E-state index is 10.6. The van der Waals surface area contributed by atoms with E-state index < -0.39 is 0 Å². The van der Waals surface area contributed by atoms with Crippen LogP contribution in [0.5, 0.6) is 5.75 Å². The Kier molecular flexibility index (Phi) is 4.28. The van der Waals surface area contributed by atoms with Crippen LogP contribution in [0.15, 0.2) is 24.3 Å². The smallest absolute Gasteiger partial charge is 0.125 e. The molecule has 0 spiro atoms. The van der Waals surface area contributed by atoms with Gasteiger partial charge in [-0.25, -0.2) is 0 Å². The predicted octanol–water partition coefficient (Wildman–Crippen LogP) is 3.94. The molecule has 2 nitrogen and oxygen atoms in total. The monoisotopic (exact) mass is 248 g/mol. The van der Waals surface area contributed by atoms with Crippen LogP contribution >= 0.6 is 0 Å². The van der Waals surface area contributed by atoms with Gasteiger partial charge in [-0.05, 0) is 44.6 Å². The Morgan fingerprint density at radius 1 is 1.22 bits per heavy atom. The Hall–Kier alpha value is -1.02. The van der Waals surface area contributed by atoms with E-state index in [0.717, 1.165) is 30.1 Å². The fourth-order valence-electron chi connectivity index (χ4n) is 2.88. The highest BCUT2D eigenvalue weighted by molar-refractivity contribution is 5.35. The first-order chi connectivity index (χ1) is 8.58. The first-order valence-electron chi connectivity index (χ1n) is 7.01. The molecule has 0 radical (unpaired) electrons. The molecule has 0 heterocycles. The Balaban J connectivity index is 2.16. The normalized spacial score (nSPS) is 25.4. The molecule has 1 aromatic rings. The number of benzene rings is 1. The highest BCUT2D eigenvalue weighted by atomic mass is 16.5. The highest BCUT2D eigenvalue weighted by Gasteiger charge is 2.30. The van der Waals surface area contributed by atoms with Gasteiger partial charge >= 0.3 is 0 Å². The van der Waals surface area contributed by atoms with Crippen molar-refractivity contribution in [1.82, 2.24) is 0 Å². The van der Waals surface area contributed by atoms with Gasteiger partial charge < -0.3 is 9.84 Å². The molecule has 2 heteroatoms. The van der Waals surface area contributed by atoms with Crippen LogP contribution in [0.2, 0.25) is 0 Å². The largest absolute Gasteiger partial charge is 0.491 e. The summed E-state index contributed by atoms with van der Waals surface area (Å²) in [6.45, 7) is 6.30. The van der Waals surface area contributed by atoms with Gasteiger partial charge in [0, 0.05) is 5.56 Å². The van der Waals surface area contributed by atoms with Gasteiger partial charge in [0.15, 0.2) is 0 Å². The molecule has 3 unspecified atom stereocenters. The molecule has 1 N–H and O–H groups in total. The summed E-state index contributed by atoms with van der Waals surface area (Å²) in [7, 11) is 0. The molecule has 0 aliphatic heterocycles. The van der Waals surface area contributed by atoms with Crippen molar-refractivity contribution in [2.45, 2.75) is 52.2 Å². The average molecular weight is 248 g/mol. The molecule has 1 fully saturated rings. The lowest BCUT2D eigenvalue weighted by Crippen LogP contribution is -2.13. The summed E-state index contributed by atoms with van der Waals surface area (Å²) in [5.41, 5.74) is 0.949. The van der Waals surface area contributed by atoms with Crippen LogP contribution in [-0.2, 0) is 0 Å². The van der Waals surface area contributed by atoms with Crippen molar-refractivity contribution in [3.63, 3.8) is 0 Å². The van der Waals surface area contributed by atoms with E-state index in [2.05, 4.69) is 6.92 Å². The lowest BCUT2D eigenvalue weighted by atomic mass is 9.93. The van der Waals surface area contributed by atoms with Crippen LogP contribution in [0.1, 0.15) is 51.7 Å². The third-order valence-corrected chi connectivity index (χ3v) is 3.78. The fraction of sp³-hybridized carbons (Fsp3) is 0.625. The van der Waals surface area contributed by atoms with Gasteiger partial charge in [0.05, 0.1) is 12.2 Å². The summed E-state index contributed by atoms with van der Waals surface area (Å²) >= 11 is 0. The van der Waals surface area contributed by atoms with Crippen LogP contribution in [0, 0.1) is 11.8 Å². The van der Waals surface area contributed by atoms with Crippen LogP contribution in [-0.4, -0.2) is 11.2 Å². The molecule has 3 atom stereocenters. The second-order valence-corrected chi connectivity index (χ2v) is 5.83. The van der Waals surface area contributed by atoms with Gasteiger partial charge in [0.1, 0.15) is 5.75 Å². The SMILES string of the molecule is CC1CCC(C(O)c2ccccc2OC(C)C)C1. The van der Waals surface area contributed by atoms with Gasteiger partial charge in [0.25, 0.3) is 0 Å². The van der Waals surface area contributed by atoms with Crippen molar-refractivity contribution in [3.05, 3.63) is 29.8 Å². The summed E-state index contributed by atoms with van der Waals surface area (Å²) in [5, 5.41) is 10.6. The summed E-state index contributed by atoms with van der Waals surface area (Å²) in [5.74, 6) is 1.96. The number of aliphatic hydroxyl groups is 1. The van der Waals surface area contributed by atoms with Gasteiger partial charge in [0.2, 0.25) is 0 Å². The van der Waals surface area contributed by atoms with Crippen molar-refractivity contribution >= 4 is 0 Å². The second kappa shape index (κ2) is 5.75. The Bertz CT molecular complexity index is 386. The molecule has 0 bridgehead atoms. The van der Waals surface area contributed by atoms with E-state index in [-0.39, 0.29) is 12.2 Å². The maximum absolute atomic E-state index is 10.6. The predicted molar refractivity (Wildman–Crippen MR) is 73.7 cm³/mol. The van der Waals surface area contributed by atoms with Crippen molar-refractivity contribution in [2.24, 2.45) is 11.8 Å². The van der Waals surface area contributed by atoms with Crippen LogP contribution in [0.4, 0.5) is 0 Å². The summed E-state index contributed by atoms with van der Waals surface area (Å²) in [4.78, 5) is 0. The Morgan fingerprint density at radius 2 is 1.94 bits per heavy atom. The van der Waals surface area contributed by atoms with Crippen LogP contribution < -0.4 is 4.74 Å². The van der Waals surface area contributed by atoms with Gasteiger partial charge in [-0.3, -0.25) is 0 Å². The first-order valence-corrected chi connectivity index (χ1v) is 7.01. The number of hydrogen-bond donors (Lipinski definition) is 1. The van der Waals surface area contributed by atoms with E-state index in [4.69, 9.17) is 4.74 Å². The Morgan fingerprint density at radius 3 is 2.56 bits per heavy atom. The standard InChI is InChI=1S/C16H24O2/c1-11(2)18-15-7-5-4-6-14(15)16(17)13-9-8-12(3)10-13/h4-7,11-13,16-17H,8-10H2,1-3H3. The third kappa shape index (κ3) is 3.05. The van der Waals surface area contributed by atoms with Gasteiger partial charge in [-0.2, -0.15) is 0 Å². The van der Waals surface area contributed by atoms with Crippen molar-refractivity contribution < 1.29 is 9.84 Å². The van der Waals surface area contributed by atoms with E-state index in [1.165, 1.54) is 6.42 Å². The minimum atomic E-state index is -0.384. The summed E-state index contributed by atoms with van der Waals surface area (Å²) in [6.07, 6.45) is 3.23. The molecule has 0 amide bonds. The second-order valence-electron chi connectivity index (χ2n) is 5.83. The van der Waals surface area contributed by atoms with E-state index in [1.807, 2.05) is 38.1 Å². The molecule has 1 saturated carbocycles. The zero-order valence-corrected chi connectivity index (χ0v) is 11.6. The van der Waals surface area contributed by atoms with Crippen LogP contribution in [0.25, 0.3) is 0 Å². The topological polar surface area (TPSA) is 29.5 Å². The third-order valence-electron chi connectivity index (χ3n) is 3.78. The molecule has 0 saturated heterocycles. The number of rotatable bonds is 4. The van der Waals surface area contributed by atoms with Crippen molar-refractivity contribution in [1.29, 1.82) is 0 Å². The lowest BCUT2D eigenvalue weighted by molar-refractivity contribution is 0.104. The lowest BCUT2D eigenvalue weighted by Gasteiger charge is -2.22. The minimum Gasteiger partial charge on any atom is -0.491 e. The Labute approximate surface area is 110 Å². The summed E-state index contributed by atoms with van der Waals surface area (Å²) in [6, 6.07) is 7.89.